The van der Waals surface area contributed by atoms with E-state index in [0.29, 0.717) is 0 Å². The van der Waals surface area contributed by atoms with Crippen LogP contribution in [0.15, 0.2) is 47.6 Å². The number of hydrogen-bond donors (Lipinski definition) is 0. The highest BCUT2D eigenvalue weighted by atomic mass is 79.9. The fourth-order valence-corrected chi connectivity index (χ4v) is 1.81. The van der Waals surface area contributed by atoms with Gasteiger partial charge < -0.3 is 0 Å². The molecule has 0 spiro atoms. The van der Waals surface area contributed by atoms with Gasteiger partial charge in [-0.3, -0.25) is 0 Å². The summed E-state index contributed by atoms with van der Waals surface area (Å²) in [7, 11) is 0. The molecular weight excluding hydrogens is 236 g/mol. The lowest BCUT2D eigenvalue weighted by atomic mass is 10.1. The Bertz CT molecular complexity index is 292. The SMILES string of the molecule is C=C(CBr)C1=CCC=C(CCC)C=C1. The molecule has 14 heavy (non-hydrogen) atoms. The molecule has 0 aromatic heterocycles. The number of alkyl halides is 1. The van der Waals surface area contributed by atoms with Crippen molar-refractivity contribution in [3.63, 3.8) is 0 Å². The van der Waals surface area contributed by atoms with Crippen molar-refractivity contribution in [2.75, 3.05) is 5.33 Å². The number of hydrogen-bond acceptors (Lipinski definition) is 0. The van der Waals surface area contributed by atoms with Gasteiger partial charge in [-0.15, -0.1) is 0 Å². The average molecular weight is 253 g/mol. The Kier molecular flexibility index (Phi) is 4.95. The molecule has 1 rings (SSSR count). The third-order valence-electron chi connectivity index (χ3n) is 2.30. The number of rotatable bonds is 4. The van der Waals surface area contributed by atoms with Crippen LogP contribution in [0.1, 0.15) is 26.2 Å². The molecule has 0 aromatic carbocycles. The van der Waals surface area contributed by atoms with Gasteiger partial charge in [0.1, 0.15) is 0 Å². The number of allylic oxidation sites excluding steroid dienone is 7. The zero-order chi connectivity index (χ0) is 10.4. The van der Waals surface area contributed by atoms with Crippen LogP contribution in [0.4, 0.5) is 0 Å². The van der Waals surface area contributed by atoms with Gasteiger partial charge in [0.2, 0.25) is 0 Å². The minimum absolute atomic E-state index is 0.853. The highest BCUT2D eigenvalue weighted by molar-refractivity contribution is 9.09. The Labute approximate surface area is 95.2 Å². The quantitative estimate of drug-likeness (QED) is 0.645. The Hall–Kier alpha value is -0.560. The van der Waals surface area contributed by atoms with E-state index in [-0.39, 0.29) is 0 Å². The molecule has 0 nitrogen and oxygen atoms in total. The van der Waals surface area contributed by atoms with Crippen molar-refractivity contribution in [2.45, 2.75) is 26.2 Å². The van der Waals surface area contributed by atoms with E-state index in [1.807, 2.05) is 0 Å². The van der Waals surface area contributed by atoms with Gasteiger partial charge in [0.15, 0.2) is 0 Å². The second-order valence-corrected chi connectivity index (χ2v) is 4.06. The van der Waals surface area contributed by atoms with Gasteiger partial charge in [-0.05, 0) is 24.0 Å². The molecule has 0 saturated carbocycles. The summed E-state index contributed by atoms with van der Waals surface area (Å²) in [5.41, 5.74) is 3.87. The fourth-order valence-electron chi connectivity index (χ4n) is 1.48. The van der Waals surface area contributed by atoms with Crippen molar-refractivity contribution < 1.29 is 0 Å². The molecule has 1 aliphatic rings. The second kappa shape index (κ2) is 6.02. The molecule has 0 bridgehead atoms. The minimum Gasteiger partial charge on any atom is -0.0944 e. The van der Waals surface area contributed by atoms with Crippen LogP contribution < -0.4 is 0 Å². The van der Waals surface area contributed by atoms with E-state index in [9.17, 15) is 0 Å². The van der Waals surface area contributed by atoms with Gasteiger partial charge in [0.25, 0.3) is 0 Å². The van der Waals surface area contributed by atoms with Crippen molar-refractivity contribution in [3.05, 3.63) is 47.6 Å². The summed E-state index contributed by atoms with van der Waals surface area (Å²) in [4.78, 5) is 0. The van der Waals surface area contributed by atoms with Crippen molar-refractivity contribution in [1.82, 2.24) is 0 Å². The summed E-state index contributed by atoms with van der Waals surface area (Å²) in [5, 5.41) is 0.853. The lowest BCUT2D eigenvalue weighted by Crippen LogP contribution is -1.85. The van der Waals surface area contributed by atoms with E-state index in [0.717, 1.165) is 17.3 Å². The van der Waals surface area contributed by atoms with Gasteiger partial charge in [0.05, 0.1) is 0 Å². The summed E-state index contributed by atoms with van der Waals surface area (Å²) in [5.74, 6) is 0. The monoisotopic (exact) mass is 252 g/mol. The van der Waals surface area contributed by atoms with Gasteiger partial charge in [0, 0.05) is 5.33 Å². The molecule has 0 aliphatic heterocycles. The lowest BCUT2D eigenvalue weighted by Gasteiger charge is -2.00. The first-order valence-corrected chi connectivity index (χ1v) is 6.21. The van der Waals surface area contributed by atoms with Crippen molar-refractivity contribution in [1.29, 1.82) is 0 Å². The van der Waals surface area contributed by atoms with Crippen LogP contribution >= 0.6 is 15.9 Å². The Morgan fingerprint density at radius 1 is 1.43 bits per heavy atom. The van der Waals surface area contributed by atoms with Crippen molar-refractivity contribution in [2.24, 2.45) is 0 Å². The summed E-state index contributed by atoms with van der Waals surface area (Å²) >= 11 is 3.43. The molecule has 0 N–H and O–H groups in total. The predicted octanol–water partition coefficient (Wildman–Crippen LogP) is 4.55. The summed E-state index contributed by atoms with van der Waals surface area (Å²) in [6.07, 6.45) is 12.4. The predicted molar refractivity (Wildman–Crippen MR) is 67.8 cm³/mol. The maximum atomic E-state index is 4.02. The van der Waals surface area contributed by atoms with E-state index >= 15 is 0 Å². The maximum Gasteiger partial charge on any atom is 0.0283 e. The normalized spacial score (nSPS) is 15.9. The summed E-state index contributed by atoms with van der Waals surface area (Å²) in [6.45, 7) is 6.23. The fraction of sp³-hybridized carbons (Fsp3) is 0.385. The minimum atomic E-state index is 0.853. The molecule has 1 aliphatic carbocycles. The molecule has 76 valence electrons. The van der Waals surface area contributed by atoms with Gasteiger partial charge in [-0.25, -0.2) is 0 Å². The molecule has 0 saturated heterocycles. The lowest BCUT2D eigenvalue weighted by molar-refractivity contribution is 0.922. The van der Waals surface area contributed by atoms with Crippen LogP contribution in [-0.4, -0.2) is 5.33 Å². The Balaban J connectivity index is 2.67. The molecule has 0 radical (unpaired) electrons. The molecule has 0 atom stereocenters. The van der Waals surface area contributed by atoms with Gasteiger partial charge in [-0.2, -0.15) is 0 Å². The van der Waals surface area contributed by atoms with Crippen LogP contribution in [0.3, 0.4) is 0 Å². The zero-order valence-electron chi connectivity index (χ0n) is 8.72. The molecule has 0 heterocycles. The van der Waals surface area contributed by atoms with Crippen LogP contribution in [0, 0.1) is 0 Å². The van der Waals surface area contributed by atoms with Gasteiger partial charge in [-0.1, -0.05) is 65.7 Å². The number of halogens is 1. The highest BCUT2D eigenvalue weighted by Crippen LogP contribution is 2.19. The maximum absolute atomic E-state index is 4.02. The summed E-state index contributed by atoms with van der Waals surface area (Å²) in [6, 6.07) is 0. The Morgan fingerprint density at radius 2 is 2.21 bits per heavy atom. The molecule has 1 heteroatoms. The third-order valence-corrected chi connectivity index (χ3v) is 2.98. The van der Waals surface area contributed by atoms with Crippen LogP contribution in [-0.2, 0) is 0 Å². The van der Waals surface area contributed by atoms with E-state index in [2.05, 4.69) is 53.7 Å². The molecule has 0 unspecified atom stereocenters. The zero-order valence-corrected chi connectivity index (χ0v) is 10.3. The van der Waals surface area contributed by atoms with E-state index < -0.39 is 0 Å². The topological polar surface area (TPSA) is 0 Å². The van der Waals surface area contributed by atoms with Crippen LogP contribution in [0.25, 0.3) is 0 Å². The molecular formula is C13H17Br. The first-order chi connectivity index (χ1) is 6.77. The van der Waals surface area contributed by atoms with Crippen LogP contribution in [0.5, 0.6) is 0 Å². The first kappa shape index (κ1) is 11.5. The van der Waals surface area contributed by atoms with Crippen molar-refractivity contribution in [3.8, 4) is 0 Å². The smallest absolute Gasteiger partial charge is 0.0283 e. The summed E-state index contributed by atoms with van der Waals surface area (Å²) < 4.78 is 0. The Morgan fingerprint density at radius 3 is 2.86 bits per heavy atom. The molecule has 0 amide bonds. The average Bonchev–Trinajstić information content (AvgIpc) is 2.43. The van der Waals surface area contributed by atoms with E-state index in [4.69, 9.17) is 0 Å². The standard InChI is InChI=1S/C13H17Br/c1-3-5-12-6-4-7-13(9-8-12)11(2)10-14/h6-9H,2-5,10H2,1H3. The highest BCUT2D eigenvalue weighted by Gasteiger charge is 2.00. The van der Waals surface area contributed by atoms with Crippen molar-refractivity contribution >= 4 is 15.9 Å². The van der Waals surface area contributed by atoms with Crippen LogP contribution in [0.2, 0.25) is 0 Å². The molecule has 0 aromatic rings. The second-order valence-electron chi connectivity index (χ2n) is 3.49. The van der Waals surface area contributed by atoms with E-state index in [1.54, 1.807) is 0 Å². The molecule has 0 fully saturated rings. The first-order valence-electron chi connectivity index (χ1n) is 5.09. The largest absolute Gasteiger partial charge is 0.0944 e. The third kappa shape index (κ3) is 3.30. The van der Waals surface area contributed by atoms with Gasteiger partial charge >= 0.3 is 0 Å². The van der Waals surface area contributed by atoms with E-state index in [1.165, 1.54) is 24.0 Å².